The zero-order valence-electron chi connectivity index (χ0n) is 19.2. The molecular formula is C25H34N2O3S. The second-order valence-electron chi connectivity index (χ2n) is 8.17. The first kappa shape index (κ1) is 24.8. The minimum atomic E-state index is -0.558. The molecule has 6 heteroatoms. The zero-order valence-corrected chi connectivity index (χ0v) is 20.0. The second kappa shape index (κ2) is 12.4. The van der Waals surface area contributed by atoms with Crippen LogP contribution in [-0.2, 0) is 21.9 Å². The lowest BCUT2D eigenvalue weighted by atomic mass is 10.1. The van der Waals surface area contributed by atoms with Gasteiger partial charge in [-0.1, -0.05) is 55.8 Å². The van der Waals surface area contributed by atoms with Crippen LogP contribution in [0.3, 0.4) is 0 Å². The molecule has 168 valence electrons. The van der Waals surface area contributed by atoms with Gasteiger partial charge in [-0.3, -0.25) is 9.59 Å². The SMILES string of the molecule is COc1cccc(CN(C(=O)CSCc2ccc(C)cc2)[C@H](C)C(=O)NCC(C)C)c1. The fourth-order valence-electron chi connectivity index (χ4n) is 3.03. The van der Waals surface area contributed by atoms with E-state index in [9.17, 15) is 9.59 Å². The maximum Gasteiger partial charge on any atom is 0.242 e. The van der Waals surface area contributed by atoms with Crippen molar-refractivity contribution in [3.05, 3.63) is 65.2 Å². The second-order valence-corrected chi connectivity index (χ2v) is 9.15. The number of aryl methyl sites for hydroxylation is 1. The number of benzene rings is 2. The van der Waals surface area contributed by atoms with Gasteiger partial charge in [-0.05, 0) is 43.0 Å². The van der Waals surface area contributed by atoms with Gasteiger partial charge >= 0.3 is 0 Å². The lowest BCUT2D eigenvalue weighted by molar-refractivity contribution is -0.138. The maximum absolute atomic E-state index is 13.1. The predicted molar refractivity (Wildman–Crippen MR) is 128 cm³/mol. The summed E-state index contributed by atoms with van der Waals surface area (Å²) in [7, 11) is 1.62. The van der Waals surface area contributed by atoms with Gasteiger partial charge in [-0.25, -0.2) is 0 Å². The van der Waals surface area contributed by atoms with Gasteiger partial charge < -0.3 is 15.0 Å². The molecule has 0 aliphatic heterocycles. The van der Waals surface area contributed by atoms with E-state index in [2.05, 4.69) is 36.5 Å². The van der Waals surface area contributed by atoms with Gasteiger partial charge in [0, 0.05) is 18.8 Å². The summed E-state index contributed by atoms with van der Waals surface area (Å²) < 4.78 is 5.31. The van der Waals surface area contributed by atoms with E-state index in [1.165, 1.54) is 11.1 Å². The number of amides is 2. The van der Waals surface area contributed by atoms with E-state index in [1.54, 1.807) is 30.7 Å². The van der Waals surface area contributed by atoms with Crippen molar-refractivity contribution in [1.29, 1.82) is 0 Å². The normalized spacial score (nSPS) is 11.8. The standard InChI is InChI=1S/C25H34N2O3S/c1-18(2)14-26-25(29)20(4)27(15-22-7-6-8-23(13-22)30-5)24(28)17-31-16-21-11-9-19(3)10-12-21/h6-13,18,20H,14-17H2,1-5H3,(H,26,29)/t20-/m1/s1. The van der Waals surface area contributed by atoms with Crippen LogP contribution in [0, 0.1) is 12.8 Å². The molecule has 0 heterocycles. The molecule has 0 radical (unpaired) electrons. The first-order valence-electron chi connectivity index (χ1n) is 10.6. The lowest BCUT2D eigenvalue weighted by Crippen LogP contribution is -2.48. The highest BCUT2D eigenvalue weighted by atomic mass is 32.2. The molecule has 2 aromatic rings. The van der Waals surface area contributed by atoms with Gasteiger partial charge in [0.25, 0.3) is 0 Å². The van der Waals surface area contributed by atoms with Crippen LogP contribution in [0.1, 0.15) is 37.5 Å². The van der Waals surface area contributed by atoms with Crippen molar-refractivity contribution < 1.29 is 14.3 Å². The smallest absolute Gasteiger partial charge is 0.242 e. The summed E-state index contributed by atoms with van der Waals surface area (Å²) in [5.74, 6) is 1.98. The Kier molecular flexibility index (Phi) is 9.92. The largest absolute Gasteiger partial charge is 0.497 e. The Bertz CT molecular complexity index is 852. The van der Waals surface area contributed by atoms with Gasteiger partial charge in [0.05, 0.1) is 12.9 Å². The lowest BCUT2D eigenvalue weighted by Gasteiger charge is -2.29. The summed E-state index contributed by atoms with van der Waals surface area (Å²) in [4.78, 5) is 27.5. The summed E-state index contributed by atoms with van der Waals surface area (Å²) in [5, 5.41) is 2.95. The fraction of sp³-hybridized carbons (Fsp3) is 0.440. The van der Waals surface area contributed by atoms with Crippen LogP contribution >= 0.6 is 11.8 Å². The highest BCUT2D eigenvalue weighted by Gasteiger charge is 2.26. The van der Waals surface area contributed by atoms with Crippen LogP contribution in [0.15, 0.2) is 48.5 Å². The third kappa shape index (κ3) is 8.29. The number of rotatable bonds is 11. The Hall–Kier alpha value is -2.47. The molecule has 0 aliphatic rings. The summed E-state index contributed by atoms with van der Waals surface area (Å²) in [5.41, 5.74) is 3.33. The van der Waals surface area contributed by atoms with Crippen molar-refractivity contribution in [2.45, 2.75) is 46.0 Å². The Morgan fingerprint density at radius 3 is 2.42 bits per heavy atom. The van der Waals surface area contributed by atoms with Crippen LogP contribution in [0.2, 0.25) is 0 Å². The number of nitrogens with zero attached hydrogens (tertiary/aromatic N) is 1. The molecule has 2 amide bonds. The molecule has 2 aromatic carbocycles. The minimum absolute atomic E-state index is 0.0490. The molecule has 0 saturated carbocycles. The number of thioether (sulfide) groups is 1. The quantitative estimate of drug-likeness (QED) is 0.559. The number of hydrogen-bond acceptors (Lipinski definition) is 4. The number of hydrogen-bond donors (Lipinski definition) is 1. The fourth-order valence-corrected chi connectivity index (χ4v) is 3.90. The summed E-state index contributed by atoms with van der Waals surface area (Å²) >= 11 is 1.57. The summed E-state index contributed by atoms with van der Waals surface area (Å²) in [6, 6.07) is 15.4. The highest BCUT2D eigenvalue weighted by molar-refractivity contribution is 7.99. The summed E-state index contributed by atoms with van der Waals surface area (Å²) in [6.45, 7) is 8.89. The average molecular weight is 443 g/mol. The minimum Gasteiger partial charge on any atom is -0.497 e. The van der Waals surface area contributed by atoms with E-state index in [0.717, 1.165) is 17.1 Å². The highest BCUT2D eigenvalue weighted by Crippen LogP contribution is 2.19. The predicted octanol–water partition coefficient (Wildman–Crippen LogP) is 4.43. The molecular weight excluding hydrogens is 408 g/mol. The van der Waals surface area contributed by atoms with E-state index >= 15 is 0 Å². The molecule has 5 nitrogen and oxygen atoms in total. The Labute approximate surface area is 190 Å². The summed E-state index contributed by atoms with van der Waals surface area (Å²) in [6.07, 6.45) is 0. The first-order chi connectivity index (χ1) is 14.8. The van der Waals surface area contributed by atoms with Gasteiger partial charge in [-0.15, -0.1) is 11.8 Å². The van der Waals surface area contributed by atoms with E-state index in [1.807, 2.05) is 38.1 Å². The average Bonchev–Trinajstić information content (AvgIpc) is 2.76. The van der Waals surface area contributed by atoms with E-state index in [-0.39, 0.29) is 11.8 Å². The molecule has 2 rings (SSSR count). The van der Waals surface area contributed by atoms with E-state index < -0.39 is 6.04 Å². The first-order valence-corrected chi connectivity index (χ1v) is 11.8. The van der Waals surface area contributed by atoms with Gasteiger partial charge in [0.1, 0.15) is 11.8 Å². The Balaban J connectivity index is 2.07. The van der Waals surface area contributed by atoms with Crippen LogP contribution in [-0.4, -0.2) is 42.2 Å². The zero-order chi connectivity index (χ0) is 22.8. The molecule has 31 heavy (non-hydrogen) atoms. The van der Waals surface area contributed by atoms with Crippen molar-refractivity contribution in [2.24, 2.45) is 5.92 Å². The van der Waals surface area contributed by atoms with Gasteiger partial charge in [-0.2, -0.15) is 0 Å². The van der Waals surface area contributed by atoms with Crippen LogP contribution < -0.4 is 10.1 Å². The van der Waals surface area contributed by atoms with Gasteiger partial charge in [0.2, 0.25) is 11.8 Å². The maximum atomic E-state index is 13.1. The third-order valence-corrected chi connectivity index (χ3v) is 5.94. The molecule has 1 atom stereocenters. The number of ether oxygens (including phenoxy) is 1. The van der Waals surface area contributed by atoms with Crippen LogP contribution in [0.25, 0.3) is 0 Å². The van der Waals surface area contributed by atoms with E-state index in [4.69, 9.17) is 4.74 Å². The molecule has 0 aliphatic carbocycles. The van der Waals surface area contributed by atoms with Crippen molar-refractivity contribution in [3.8, 4) is 5.75 Å². The molecule has 0 aromatic heterocycles. The number of carbonyl (C=O) groups excluding carboxylic acids is 2. The molecule has 1 N–H and O–H groups in total. The van der Waals surface area contributed by atoms with Crippen LogP contribution in [0.4, 0.5) is 0 Å². The number of carbonyl (C=O) groups is 2. The van der Waals surface area contributed by atoms with Crippen molar-refractivity contribution in [1.82, 2.24) is 10.2 Å². The molecule has 0 fully saturated rings. The Morgan fingerprint density at radius 1 is 1.06 bits per heavy atom. The topological polar surface area (TPSA) is 58.6 Å². The third-order valence-electron chi connectivity index (χ3n) is 4.95. The van der Waals surface area contributed by atoms with Crippen molar-refractivity contribution in [2.75, 3.05) is 19.4 Å². The molecule has 0 unspecified atom stereocenters. The Morgan fingerprint density at radius 2 is 1.77 bits per heavy atom. The molecule has 0 bridgehead atoms. The van der Waals surface area contributed by atoms with Crippen LogP contribution in [0.5, 0.6) is 5.75 Å². The monoisotopic (exact) mass is 442 g/mol. The number of nitrogens with one attached hydrogen (secondary N) is 1. The molecule has 0 saturated heterocycles. The van der Waals surface area contributed by atoms with E-state index in [0.29, 0.717) is 24.8 Å². The molecule has 0 spiro atoms. The van der Waals surface area contributed by atoms with Crippen molar-refractivity contribution in [3.63, 3.8) is 0 Å². The van der Waals surface area contributed by atoms with Gasteiger partial charge in [0.15, 0.2) is 0 Å². The number of methoxy groups -OCH3 is 1. The van der Waals surface area contributed by atoms with Crippen molar-refractivity contribution >= 4 is 23.6 Å².